The average Bonchev–Trinajstić information content (AvgIpc) is 2.64. The minimum absolute atomic E-state index is 0.290. The first-order valence-electron chi connectivity index (χ1n) is 8.40. The summed E-state index contributed by atoms with van der Waals surface area (Å²) in [6, 6.07) is 27.0. The molecule has 3 aromatic carbocycles. The summed E-state index contributed by atoms with van der Waals surface area (Å²) in [4.78, 5) is 11.6. The van der Waals surface area contributed by atoms with Gasteiger partial charge in [0.15, 0.2) is 0 Å². The van der Waals surface area contributed by atoms with Gasteiger partial charge in [0, 0.05) is 12.2 Å². The van der Waals surface area contributed by atoms with E-state index < -0.39 is 7.92 Å². The Morgan fingerprint density at radius 1 is 0.880 bits per heavy atom. The van der Waals surface area contributed by atoms with Crippen LogP contribution in [0.2, 0.25) is 0 Å². The molecule has 3 rings (SSSR count). The number of hydrogen-bond acceptors (Lipinski definition) is 2. The lowest BCUT2D eigenvalue weighted by Gasteiger charge is -2.22. The summed E-state index contributed by atoms with van der Waals surface area (Å²) in [5, 5.41) is 3.57. The number of rotatable bonds is 5. The number of carbonyl (C=O) groups excluding carboxylic acids is 1. The predicted octanol–water partition coefficient (Wildman–Crippen LogP) is 3.93. The van der Waals surface area contributed by atoms with Crippen molar-refractivity contribution in [3.05, 3.63) is 84.4 Å². The fraction of sp³-hybridized carbons (Fsp3) is 0.136. The van der Waals surface area contributed by atoms with Crippen molar-refractivity contribution in [2.45, 2.75) is 20.3 Å². The van der Waals surface area contributed by atoms with Crippen LogP contribution in [0.3, 0.4) is 0 Å². The molecule has 0 amide bonds. The number of ether oxygens (including phenoxy) is 1. The van der Waals surface area contributed by atoms with E-state index in [0.717, 1.165) is 11.7 Å². The van der Waals surface area contributed by atoms with Gasteiger partial charge in [-0.1, -0.05) is 73.7 Å². The standard InChI is InChI=1S/C22H21O2P/c1-3-18-14-15-21(24-17(2)23)22(16-18)25(19-10-6-4-7-11-19)20-12-8-5-9-13-20/h4-16H,3H2,1-2H3. The van der Waals surface area contributed by atoms with Crippen molar-refractivity contribution in [2.24, 2.45) is 0 Å². The van der Waals surface area contributed by atoms with E-state index in [1.54, 1.807) is 0 Å². The third kappa shape index (κ3) is 4.15. The molecule has 2 nitrogen and oxygen atoms in total. The Morgan fingerprint density at radius 2 is 1.44 bits per heavy atom. The third-order valence-electron chi connectivity index (χ3n) is 3.95. The first kappa shape index (κ1) is 17.4. The van der Waals surface area contributed by atoms with Crippen molar-refractivity contribution in [2.75, 3.05) is 0 Å². The van der Waals surface area contributed by atoms with Gasteiger partial charge in [-0.15, -0.1) is 0 Å². The monoisotopic (exact) mass is 348 g/mol. The van der Waals surface area contributed by atoms with Crippen molar-refractivity contribution >= 4 is 29.8 Å². The van der Waals surface area contributed by atoms with E-state index in [1.807, 2.05) is 24.3 Å². The van der Waals surface area contributed by atoms with Gasteiger partial charge in [-0.2, -0.15) is 0 Å². The molecule has 25 heavy (non-hydrogen) atoms. The first-order chi connectivity index (χ1) is 12.2. The van der Waals surface area contributed by atoms with Crippen molar-refractivity contribution < 1.29 is 9.53 Å². The van der Waals surface area contributed by atoms with Crippen LogP contribution in [0.25, 0.3) is 0 Å². The zero-order valence-electron chi connectivity index (χ0n) is 14.5. The van der Waals surface area contributed by atoms with Gasteiger partial charge in [0.1, 0.15) is 5.75 Å². The molecule has 126 valence electrons. The SMILES string of the molecule is CCc1ccc(OC(C)=O)c(P(c2ccccc2)c2ccccc2)c1. The van der Waals surface area contributed by atoms with E-state index in [1.165, 1.54) is 23.1 Å². The molecule has 0 saturated heterocycles. The van der Waals surface area contributed by atoms with E-state index in [9.17, 15) is 4.79 Å². The maximum absolute atomic E-state index is 11.6. The number of hydrogen-bond donors (Lipinski definition) is 0. The lowest BCUT2D eigenvalue weighted by Crippen LogP contribution is -2.23. The largest absolute Gasteiger partial charge is 0.426 e. The van der Waals surface area contributed by atoms with Gasteiger partial charge in [0.05, 0.1) is 0 Å². The molecule has 0 spiro atoms. The lowest BCUT2D eigenvalue weighted by atomic mass is 10.2. The van der Waals surface area contributed by atoms with E-state index in [4.69, 9.17) is 4.74 Å². The Balaban J connectivity index is 2.20. The van der Waals surface area contributed by atoms with Crippen molar-refractivity contribution in [1.29, 1.82) is 0 Å². The molecule has 0 heterocycles. The highest BCUT2D eigenvalue weighted by atomic mass is 31.1. The Morgan fingerprint density at radius 3 is 1.92 bits per heavy atom. The molecule has 0 aliphatic carbocycles. The third-order valence-corrected chi connectivity index (χ3v) is 6.42. The number of benzene rings is 3. The molecule has 0 aliphatic heterocycles. The molecular formula is C22H21O2P. The van der Waals surface area contributed by atoms with Gasteiger partial charge >= 0.3 is 5.97 Å². The van der Waals surface area contributed by atoms with Crippen LogP contribution in [0.15, 0.2) is 78.9 Å². The fourth-order valence-electron chi connectivity index (χ4n) is 2.78. The summed E-state index contributed by atoms with van der Waals surface area (Å²) < 4.78 is 5.55. The second-order valence-corrected chi connectivity index (χ2v) is 7.94. The zero-order chi connectivity index (χ0) is 17.6. The zero-order valence-corrected chi connectivity index (χ0v) is 15.4. The van der Waals surface area contributed by atoms with Gasteiger partial charge in [-0.3, -0.25) is 4.79 Å². The Hall–Kier alpha value is -2.44. The van der Waals surface area contributed by atoms with Crippen LogP contribution in [0.5, 0.6) is 5.75 Å². The van der Waals surface area contributed by atoms with Crippen LogP contribution < -0.4 is 20.7 Å². The van der Waals surface area contributed by atoms with Gasteiger partial charge in [0.25, 0.3) is 0 Å². The molecule has 3 aromatic rings. The molecule has 0 N–H and O–H groups in total. The average molecular weight is 348 g/mol. The van der Waals surface area contributed by atoms with E-state index in [0.29, 0.717) is 5.75 Å². The molecule has 0 aliphatic rings. The maximum Gasteiger partial charge on any atom is 0.308 e. The second kappa shape index (κ2) is 8.09. The molecule has 0 atom stereocenters. The van der Waals surface area contributed by atoms with Crippen LogP contribution in [0.4, 0.5) is 0 Å². The van der Waals surface area contributed by atoms with Gasteiger partial charge < -0.3 is 4.74 Å². The van der Waals surface area contributed by atoms with Crippen LogP contribution in [-0.4, -0.2) is 5.97 Å². The summed E-state index contributed by atoms with van der Waals surface area (Å²) in [5.41, 5.74) is 1.24. The molecule has 0 fully saturated rings. The van der Waals surface area contributed by atoms with Crippen molar-refractivity contribution in [3.8, 4) is 5.75 Å². The van der Waals surface area contributed by atoms with E-state index in [-0.39, 0.29) is 5.97 Å². The van der Waals surface area contributed by atoms with Crippen molar-refractivity contribution in [1.82, 2.24) is 0 Å². The number of aryl methyl sites for hydroxylation is 1. The van der Waals surface area contributed by atoms with Gasteiger partial charge in [-0.25, -0.2) is 0 Å². The highest BCUT2D eigenvalue weighted by molar-refractivity contribution is 7.80. The normalized spacial score (nSPS) is 10.7. The summed E-state index contributed by atoms with van der Waals surface area (Å²) in [5.74, 6) is 0.366. The smallest absolute Gasteiger partial charge is 0.308 e. The summed E-state index contributed by atoms with van der Waals surface area (Å²) in [6.07, 6.45) is 0.945. The van der Waals surface area contributed by atoms with Crippen LogP contribution in [-0.2, 0) is 11.2 Å². The number of esters is 1. The van der Waals surface area contributed by atoms with Crippen molar-refractivity contribution in [3.63, 3.8) is 0 Å². The minimum atomic E-state index is -0.797. The molecule has 0 bridgehead atoms. The number of carbonyl (C=O) groups is 1. The maximum atomic E-state index is 11.6. The highest BCUT2D eigenvalue weighted by Crippen LogP contribution is 2.37. The second-order valence-electron chi connectivity index (χ2n) is 5.76. The quantitative estimate of drug-likeness (QED) is 0.397. The van der Waals surface area contributed by atoms with Crippen LogP contribution in [0.1, 0.15) is 19.4 Å². The molecule has 0 radical (unpaired) electrons. The van der Waals surface area contributed by atoms with Crippen LogP contribution >= 0.6 is 7.92 Å². The Labute approximate surface area is 150 Å². The van der Waals surface area contributed by atoms with E-state index in [2.05, 4.69) is 61.5 Å². The lowest BCUT2D eigenvalue weighted by molar-refractivity contribution is -0.131. The molecule has 0 saturated carbocycles. The van der Waals surface area contributed by atoms with Gasteiger partial charge in [0.2, 0.25) is 0 Å². The highest BCUT2D eigenvalue weighted by Gasteiger charge is 2.21. The topological polar surface area (TPSA) is 26.3 Å². The Bertz CT molecular complexity index is 805. The molecule has 3 heteroatoms. The molecular weight excluding hydrogens is 327 g/mol. The fourth-order valence-corrected chi connectivity index (χ4v) is 5.21. The molecule has 0 aromatic heterocycles. The summed E-state index contributed by atoms with van der Waals surface area (Å²) in [6.45, 7) is 3.59. The summed E-state index contributed by atoms with van der Waals surface area (Å²) >= 11 is 0. The van der Waals surface area contributed by atoms with Gasteiger partial charge in [-0.05, 0) is 42.6 Å². The van der Waals surface area contributed by atoms with Crippen LogP contribution in [0, 0.1) is 0 Å². The first-order valence-corrected chi connectivity index (χ1v) is 9.74. The minimum Gasteiger partial charge on any atom is -0.426 e. The Kier molecular flexibility index (Phi) is 5.63. The van der Waals surface area contributed by atoms with E-state index >= 15 is 0 Å². The predicted molar refractivity (Wildman–Crippen MR) is 106 cm³/mol. The summed E-state index contributed by atoms with van der Waals surface area (Å²) in [7, 11) is -0.797. The molecule has 0 unspecified atom stereocenters.